The molecule has 0 aliphatic rings. The van der Waals surface area contributed by atoms with E-state index >= 15 is 0 Å². The zero-order chi connectivity index (χ0) is 9.68. The molecule has 0 aromatic carbocycles. The summed E-state index contributed by atoms with van der Waals surface area (Å²) in [4.78, 5) is 11.5. The van der Waals surface area contributed by atoms with Crippen molar-refractivity contribution >= 4 is 5.78 Å². The van der Waals surface area contributed by atoms with Gasteiger partial charge in [0.05, 0.1) is 5.69 Å². The summed E-state index contributed by atoms with van der Waals surface area (Å²) in [5, 5.41) is 8.55. The highest BCUT2D eigenvalue weighted by molar-refractivity contribution is 5.94. The van der Waals surface area contributed by atoms with Crippen molar-refractivity contribution in [3.05, 3.63) is 24.0 Å². The van der Waals surface area contributed by atoms with Gasteiger partial charge in [0.15, 0.2) is 5.78 Å². The molecule has 0 saturated carbocycles. The number of unbranched alkanes of at least 4 members (excludes halogenated alkanes) is 1. The molecule has 0 bridgehead atoms. The largest absolute Gasteiger partial charge is 0.396 e. The number of aliphatic hydroxyl groups is 1. The lowest BCUT2D eigenvalue weighted by Crippen LogP contribution is -2.05. The van der Waals surface area contributed by atoms with Crippen LogP contribution in [0.1, 0.15) is 29.8 Å². The predicted octanol–water partition coefficient (Wildman–Crippen LogP) is 1.37. The molecule has 0 unspecified atom stereocenters. The van der Waals surface area contributed by atoms with E-state index < -0.39 is 0 Å². The van der Waals surface area contributed by atoms with Crippen LogP contribution < -0.4 is 0 Å². The number of hydrogen-bond donors (Lipinski definition) is 1. The van der Waals surface area contributed by atoms with E-state index in [1.54, 1.807) is 0 Å². The Morgan fingerprint density at radius 1 is 1.54 bits per heavy atom. The van der Waals surface area contributed by atoms with E-state index in [1.165, 1.54) is 0 Å². The molecule has 0 aliphatic carbocycles. The van der Waals surface area contributed by atoms with Gasteiger partial charge in [-0.3, -0.25) is 4.79 Å². The van der Waals surface area contributed by atoms with E-state index in [0.29, 0.717) is 12.8 Å². The topological polar surface area (TPSA) is 42.2 Å². The maximum Gasteiger partial charge on any atom is 0.179 e. The maximum absolute atomic E-state index is 11.5. The number of carbonyl (C=O) groups excluding carboxylic acids is 1. The average molecular weight is 181 g/mol. The van der Waals surface area contributed by atoms with Crippen LogP contribution in [-0.2, 0) is 7.05 Å². The highest BCUT2D eigenvalue weighted by Crippen LogP contribution is 2.06. The van der Waals surface area contributed by atoms with Crippen LogP contribution in [0.3, 0.4) is 0 Å². The molecule has 0 atom stereocenters. The molecular weight excluding hydrogens is 166 g/mol. The molecule has 1 heterocycles. The zero-order valence-electron chi connectivity index (χ0n) is 7.86. The van der Waals surface area contributed by atoms with Crippen molar-refractivity contribution in [1.82, 2.24) is 4.57 Å². The smallest absolute Gasteiger partial charge is 0.179 e. The molecule has 0 saturated heterocycles. The molecule has 0 spiro atoms. The van der Waals surface area contributed by atoms with Crippen molar-refractivity contribution in [2.45, 2.75) is 19.3 Å². The second-order valence-electron chi connectivity index (χ2n) is 3.11. The summed E-state index contributed by atoms with van der Waals surface area (Å²) in [6.07, 6.45) is 3.86. The molecule has 1 aromatic rings. The van der Waals surface area contributed by atoms with Gasteiger partial charge in [0.25, 0.3) is 0 Å². The number of aliphatic hydroxyl groups excluding tert-OH is 1. The molecule has 0 fully saturated rings. The minimum Gasteiger partial charge on any atom is -0.396 e. The molecule has 13 heavy (non-hydrogen) atoms. The minimum atomic E-state index is 0.154. The van der Waals surface area contributed by atoms with Gasteiger partial charge in [-0.05, 0) is 25.0 Å². The van der Waals surface area contributed by atoms with Gasteiger partial charge in [-0.1, -0.05) is 0 Å². The first-order valence-corrected chi connectivity index (χ1v) is 4.51. The molecule has 72 valence electrons. The Morgan fingerprint density at radius 2 is 2.31 bits per heavy atom. The Labute approximate surface area is 78.0 Å². The van der Waals surface area contributed by atoms with Gasteiger partial charge >= 0.3 is 0 Å². The first kappa shape index (κ1) is 9.99. The number of rotatable bonds is 5. The Morgan fingerprint density at radius 3 is 2.85 bits per heavy atom. The SMILES string of the molecule is Cn1cccc1C(=O)CCCCO. The van der Waals surface area contributed by atoms with Crippen molar-refractivity contribution in [2.75, 3.05) is 6.61 Å². The summed E-state index contributed by atoms with van der Waals surface area (Å²) in [5.41, 5.74) is 0.748. The van der Waals surface area contributed by atoms with Gasteiger partial charge in [-0.15, -0.1) is 0 Å². The van der Waals surface area contributed by atoms with Gasteiger partial charge in [0, 0.05) is 26.3 Å². The number of carbonyl (C=O) groups is 1. The standard InChI is InChI=1S/C10H15NO2/c1-11-7-4-5-9(11)10(13)6-2-3-8-12/h4-5,7,12H,2-3,6,8H2,1H3. The lowest BCUT2D eigenvalue weighted by Gasteiger charge is -2.01. The third-order valence-corrected chi connectivity index (χ3v) is 2.04. The summed E-state index contributed by atoms with van der Waals surface area (Å²) >= 11 is 0. The van der Waals surface area contributed by atoms with E-state index in [0.717, 1.165) is 12.1 Å². The van der Waals surface area contributed by atoms with E-state index in [4.69, 9.17) is 5.11 Å². The highest BCUT2D eigenvalue weighted by Gasteiger charge is 2.07. The first-order valence-electron chi connectivity index (χ1n) is 4.51. The fourth-order valence-electron chi connectivity index (χ4n) is 1.28. The summed E-state index contributed by atoms with van der Waals surface area (Å²) in [6, 6.07) is 3.68. The average Bonchev–Trinajstić information content (AvgIpc) is 2.52. The van der Waals surface area contributed by atoms with Crippen molar-refractivity contribution in [3.63, 3.8) is 0 Å². The number of hydrogen-bond acceptors (Lipinski definition) is 2. The van der Waals surface area contributed by atoms with Gasteiger partial charge in [-0.25, -0.2) is 0 Å². The van der Waals surface area contributed by atoms with Gasteiger partial charge in [0.1, 0.15) is 0 Å². The summed E-state index contributed by atoms with van der Waals surface area (Å²) in [5.74, 6) is 0.154. The van der Waals surface area contributed by atoms with Crippen molar-refractivity contribution in [1.29, 1.82) is 0 Å². The molecule has 1 aromatic heterocycles. The molecule has 0 amide bonds. The number of aromatic nitrogens is 1. The summed E-state index contributed by atoms with van der Waals surface area (Å²) in [7, 11) is 1.86. The normalized spacial score (nSPS) is 10.3. The Balaban J connectivity index is 2.45. The number of ketones is 1. The summed E-state index contributed by atoms with van der Waals surface area (Å²) in [6.45, 7) is 0.167. The molecule has 0 aliphatic heterocycles. The third kappa shape index (κ3) is 2.70. The van der Waals surface area contributed by atoms with Crippen LogP contribution in [-0.4, -0.2) is 22.1 Å². The number of nitrogens with zero attached hydrogens (tertiary/aromatic N) is 1. The van der Waals surface area contributed by atoms with Crippen LogP contribution in [0.4, 0.5) is 0 Å². The molecule has 0 radical (unpaired) electrons. The molecule has 3 nitrogen and oxygen atoms in total. The highest BCUT2D eigenvalue weighted by atomic mass is 16.2. The quantitative estimate of drug-likeness (QED) is 0.550. The summed E-state index contributed by atoms with van der Waals surface area (Å²) < 4.78 is 1.82. The second kappa shape index (κ2) is 4.82. The lowest BCUT2D eigenvalue weighted by molar-refractivity contribution is 0.0969. The van der Waals surface area contributed by atoms with Crippen LogP contribution in [0.2, 0.25) is 0 Å². The van der Waals surface area contributed by atoms with Crippen molar-refractivity contribution in [3.8, 4) is 0 Å². The van der Waals surface area contributed by atoms with E-state index in [1.807, 2.05) is 29.9 Å². The van der Waals surface area contributed by atoms with Crippen molar-refractivity contribution in [2.24, 2.45) is 7.05 Å². The van der Waals surface area contributed by atoms with E-state index in [-0.39, 0.29) is 12.4 Å². The van der Waals surface area contributed by atoms with Crippen LogP contribution in [0, 0.1) is 0 Å². The maximum atomic E-state index is 11.5. The Kier molecular flexibility index (Phi) is 3.71. The minimum absolute atomic E-state index is 0.154. The third-order valence-electron chi connectivity index (χ3n) is 2.04. The Hall–Kier alpha value is -1.09. The molecule has 1 rings (SSSR count). The Bertz CT molecular complexity index is 278. The van der Waals surface area contributed by atoms with Gasteiger partial charge in [0.2, 0.25) is 0 Å². The second-order valence-corrected chi connectivity index (χ2v) is 3.11. The predicted molar refractivity (Wildman–Crippen MR) is 50.7 cm³/mol. The lowest BCUT2D eigenvalue weighted by atomic mass is 10.1. The van der Waals surface area contributed by atoms with Crippen LogP contribution in [0.15, 0.2) is 18.3 Å². The fourth-order valence-corrected chi connectivity index (χ4v) is 1.28. The van der Waals surface area contributed by atoms with Gasteiger partial charge in [-0.2, -0.15) is 0 Å². The molecule has 3 heteroatoms. The van der Waals surface area contributed by atoms with E-state index in [9.17, 15) is 4.79 Å². The first-order chi connectivity index (χ1) is 6.25. The zero-order valence-corrected chi connectivity index (χ0v) is 7.86. The van der Waals surface area contributed by atoms with Crippen LogP contribution >= 0.6 is 0 Å². The number of Topliss-reactive ketones (excluding diaryl/α,β-unsaturated/α-hetero) is 1. The molecular formula is C10H15NO2. The van der Waals surface area contributed by atoms with E-state index in [2.05, 4.69) is 0 Å². The van der Waals surface area contributed by atoms with Crippen molar-refractivity contribution < 1.29 is 9.90 Å². The van der Waals surface area contributed by atoms with Crippen LogP contribution in [0.25, 0.3) is 0 Å². The van der Waals surface area contributed by atoms with Crippen LogP contribution in [0.5, 0.6) is 0 Å². The monoisotopic (exact) mass is 181 g/mol. The van der Waals surface area contributed by atoms with Gasteiger partial charge < -0.3 is 9.67 Å². The fraction of sp³-hybridized carbons (Fsp3) is 0.500. The number of aryl methyl sites for hydroxylation is 1. The molecule has 1 N–H and O–H groups in total.